The summed E-state index contributed by atoms with van der Waals surface area (Å²) in [7, 11) is 0. The molecule has 6 heteroatoms. The first-order chi connectivity index (χ1) is 11.4. The van der Waals surface area contributed by atoms with Crippen LogP contribution in [0.25, 0.3) is 0 Å². The second-order valence-corrected chi connectivity index (χ2v) is 6.76. The standard InChI is InChI=1S/C18H22N2O4/c1-12-4-2-3-11-20(12)15(21)13-5-7-14(8-6-13)19-16(22)18(9-10-18)17(23)24/h5-8,12H,2-4,9-11H2,1H3,(H,19,22)(H,23,24)/t12-/m0/s1. The Hall–Kier alpha value is -2.37. The predicted octanol–water partition coefficient (Wildman–Crippen LogP) is 2.50. The van der Waals surface area contributed by atoms with Crippen LogP contribution in [-0.2, 0) is 9.59 Å². The number of nitrogens with one attached hydrogen (secondary N) is 1. The van der Waals surface area contributed by atoms with Crippen molar-refractivity contribution in [1.82, 2.24) is 4.90 Å². The quantitative estimate of drug-likeness (QED) is 0.831. The molecule has 1 saturated heterocycles. The van der Waals surface area contributed by atoms with Gasteiger partial charge in [0.1, 0.15) is 5.41 Å². The topological polar surface area (TPSA) is 86.7 Å². The van der Waals surface area contributed by atoms with Crippen molar-refractivity contribution in [3.05, 3.63) is 29.8 Å². The van der Waals surface area contributed by atoms with Gasteiger partial charge in [-0.3, -0.25) is 14.4 Å². The van der Waals surface area contributed by atoms with Gasteiger partial charge in [-0.05, 0) is 63.3 Å². The number of rotatable bonds is 4. The van der Waals surface area contributed by atoms with Crippen LogP contribution in [-0.4, -0.2) is 40.4 Å². The Kier molecular flexibility index (Phi) is 4.30. The van der Waals surface area contributed by atoms with E-state index in [0.717, 1.165) is 25.8 Å². The predicted molar refractivity (Wildman–Crippen MR) is 88.7 cm³/mol. The van der Waals surface area contributed by atoms with Gasteiger partial charge in [-0.1, -0.05) is 0 Å². The summed E-state index contributed by atoms with van der Waals surface area (Å²) in [6.45, 7) is 2.84. The van der Waals surface area contributed by atoms with Crippen LogP contribution in [0.15, 0.2) is 24.3 Å². The van der Waals surface area contributed by atoms with Crippen molar-refractivity contribution in [2.24, 2.45) is 5.41 Å². The number of hydrogen-bond acceptors (Lipinski definition) is 3. The molecule has 1 atom stereocenters. The Balaban J connectivity index is 1.66. The van der Waals surface area contributed by atoms with Crippen molar-refractivity contribution in [2.45, 2.75) is 45.1 Å². The van der Waals surface area contributed by atoms with Gasteiger partial charge >= 0.3 is 5.97 Å². The number of carboxylic acids is 1. The van der Waals surface area contributed by atoms with Gasteiger partial charge in [0.2, 0.25) is 5.91 Å². The first kappa shape index (κ1) is 16.5. The molecular weight excluding hydrogens is 308 g/mol. The minimum atomic E-state index is -1.27. The molecule has 0 unspecified atom stereocenters. The van der Waals surface area contributed by atoms with Crippen LogP contribution in [0.5, 0.6) is 0 Å². The van der Waals surface area contributed by atoms with Gasteiger partial charge < -0.3 is 15.3 Å². The first-order valence-corrected chi connectivity index (χ1v) is 8.40. The lowest BCUT2D eigenvalue weighted by Crippen LogP contribution is -2.42. The third kappa shape index (κ3) is 3.00. The molecule has 2 N–H and O–H groups in total. The third-order valence-electron chi connectivity index (χ3n) is 5.05. The summed E-state index contributed by atoms with van der Waals surface area (Å²) in [6, 6.07) is 6.91. The first-order valence-electron chi connectivity index (χ1n) is 8.40. The fourth-order valence-corrected chi connectivity index (χ4v) is 3.18. The number of piperidine rings is 1. The smallest absolute Gasteiger partial charge is 0.319 e. The van der Waals surface area contributed by atoms with Gasteiger partial charge in [0.05, 0.1) is 0 Å². The number of nitrogens with zero attached hydrogens (tertiary/aromatic N) is 1. The van der Waals surface area contributed by atoms with Crippen molar-refractivity contribution in [1.29, 1.82) is 0 Å². The molecule has 2 aliphatic rings. The van der Waals surface area contributed by atoms with Crippen molar-refractivity contribution >= 4 is 23.5 Å². The molecule has 128 valence electrons. The lowest BCUT2D eigenvalue weighted by molar-refractivity contribution is -0.147. The Morgan fingerprint density at radius 2 is 1.83 bits per heavy atom. The van der Waals surface area contributed by atoms with Crippen LogP contribution in [0.1, 0.15) is 49.4 Å². The molecule has 1 heterocycles. The number of carboxylic acid groups (broad SMARTS) is 1. The fourth-order valence-electron chi connectivity index (χ4n) is 3.18. The van der Waals surface area contributed by atoms with Crippen LogP contribution in [0.2, 0.25) is 0 Å². The zero-order chi connectivity index (χ0) is 17.3. The lowest BCUT2D eigenvalue weighted by atomic mass is 10.0. The van der Waals surface area contributed by atoms with E-state index in [4.69, 9.17) is 5.11 Å². The van der Waals surface area contributed by atoms with Gasteiger partial charge in [0.15, 0.2) is 0 Å². The van der Waals surface area contributed by atoms with Crippen molar-refractivity contribution in [3.8, 4) is 0 Å². The normalized spacial score (nSPS) is 21.9. The van der Waals surface area contributed by atoms with Crippen LogP contribution in [0.4, 0.5) is 5.69 Å². The third-order valence-corrected chi connectivity index (χ3v) is 5.05. The zero-order valence-corrected chi connectivity index (χ0v) is 13.7. The second-order valence-electron chi connectivity index (χ2n) is 6.76. The molecule has 1 aromatic rings. The van der Waals surface area contributed by atoms with Crippen LogP contribution in [0.3, 0.4) is 0 Å². The maximum absolute atomic E-state index is 12.6. The average Bonchev–Trinajstić information content (AvgIpc) is 3.37. The fraction of sp³-hybridized carbons (Fsp3) is 0.500. The van der Waals surface area contributed by atoms with E-state index in [2.05, 4.69) is 12.2 Å². The summed E-state index contributed by atoms with van der Waals surface area (Å²) in [5.41, 5.74) is -0.172. The van der Waals surface area contributed by atoms with Gasteiger partial charge in [0.25, 0.3) is 5.91 Å². The molecule has 6 nitrogen and oxygen atoms in total. The second kappa shape index (κ2) is 6.26. The van der Waals surface area contributed by atoms with Crippen molar-refractivity contribution < 1.29 is 19.5 Å². The summed E-state index contributed by atoms with van der Waals surface area (Å²) in [5.74, 6) is -1.56. The number of carbonyl (C=O) groups is 3. The number of amides is 2. The van der Waals surface area contributed by atoms with E-state index in [1.165, 1.54) is 0 Å². The van der Waals surface area contributed by atoms with Crippen LogP contribution >= 0.6 is 0 Å². The molecule has 0 aromatic heterocycles. The van der Waals surface area contributed by atoms with Crippen LogP contribution < -0.4 is 5.32 Å². The number of benzene rings is 1. The van der Waals surface area contributed by atoms with Gasteiger partial charge in [0, 0.05) is 23.8 Å². The molecule has 0 spiro atoms. The molecule has 2 fully saturated rings. The minimum absolute atomic E-state index is 0.00396. The molecular formula is C18H22N2O4. The molecule has 3 rings (SSSR count). The zero-order valence-electron chi connectivity index (χ0n) is 13.7. The SMILES string of the molecule is C[C@H]1CCCCN1C(=O)c1ccc(NC(=O)C2(C(=O)O)CC2)cc1. The van der Waals surface area contributed by atoms with E-state index in [-0.39, 0.29) is 11.9 Å². The highest BCUT2D eigenvalue weighted by molar-refractivity contribution is 6.10. The molecule has 1 aliphatic carbocycles. The van der Waals surface area contributed by atoms with Crippen molar-refractivity contribution in [3.63, 3.8) is 0 Å². The molecule has 0 radical (unpaired) electrons. The molecule has 2 amide bonds. The molecule has 1 aromatic carbocycles. The summed E-state index contributed by atoms with van der Waals surface area (Å²) in [6.07, 6.45) is 3.95. The molecule has 1 aliphatic heterocycles. The monoisotopic (exact) mass is 330 g/mol. The number of aliphatic carboxylic acids is 1. The van der Waals surface area contributed by atoms with E-state index in [9.17, 15) is 14.4 Å². The molecule has 1 saturated carbocycles. The largest absolute Gasteiger partial charge is 0.480 e. The maximum atomic E-state index is 12.6. The van der Waals surface area contributed by atoms with E-state index < -0.39 is 17.3 Å². The van der Waals surface area contributed by atoms with E-state index in [0.29, 0.717) is 24.1 Å². The molecule has 0 bridgehead atoms. The van der Waals surface area contributed by atoms with E-state index in [1.807, 2.05) is 4.90 Å². The Morgan fingerprint density at radius 1 is 1.17 bits per heavy atom. The number of hydrogen-bond donors (Lipinski definition) is 2. The van der Waals surface area contributed by atoms with Crippen LogP contribution in [0, 0.1) is 5.41 Å². The number of carbonyl (C=O) groups excluding carboxylic acids is 2. The maximum Gasteiger partial charge on any atom is 0.319 e. The summed E-state index contributed by atoms with van der Waals surface area (Å²) >= 11 is 0. The van der Waals surface area contributed by atoms with Gasteiger partial charge in [-0.25, -0.2) is 0 Å². The number of likely N-dealkylation sites (tertiary alicyclic amines) is 1. The molecule has 24 heavy (non-hydrogen) atoms. The summed E-state index contributed by atoms with van der Waals surface area (Å²) in [4.78, 5) is 37.7. The summed E-state index contributed by atoms with van der Waals surface area (Å²) in [5, 5.41) is 11.8. The highest BCUT2D eigenvalue weighted by Crippen LogP contribution is 2.46. The Labute approximate surface area is 140 Å². The van der Waals surface area contributed by atoms with E-state index in [1.54, 1.807) is 24.3 Å². The Morgan fingerprint density at radius 3 is 2.38 bits per heavy atom. The number of anilines is 1. The van der Waals surface area contributed by atoms with Crippen molar-refractivity contribution in [2.75, 3.05) is 11.9 Å². The lowest BCUT2D eigenvalue weighted by Gasteiger charge is -2.33. The summed E-state index contributed by atoms with van der Waals surface area (Å²) < 4.78 is 0. The minimum Gasteiger partial charge on any atom is -0.480 e. The van der Waals surface area contributed by atoms with Gasteiger partial charge in [-0.15, -0.1) is 0 Å². The Bertz CT molecular complexity index is 664. The highest BCUT2D eigenvalue weighted by Gasteiger charge is 2.57. The van der Waals surface area contributed by atoms with E-state index >= 15 is 0 Å². The average molecular weight is 330 g/mol. The van der Waals surface area contributed by atoms with Gasteiger partial charge in [-0.2, -0.15) is 0 Å². The highest BCUT2D eigenvalue weighted by atomic mass is 16.4.